The lowest BCUT2D eigenvalue weighted by Gasteiger charge is -2.41. The highest BCUT2D eigenvalue weighted by Crippen LogP contribution is 2.37. The maximum Gasteiger partial charge on any atom is 0.0375 e. The number of nitrogens with zero attached hydrogens (tertiary/aromatic N) is 1. The first-order valence-corrected chi connectivity index (χ1v) is 8.97. The lowest BCUT2D eigenvalue weighted by Crippen LogP contribution is -2.41. The van der Waals surface area contributed by atoms with Gasteiger partial charge in [0.2, 0.25) is 0 Å². The zero-order chi connectivity index (χ0) is 14.1. The summed E-state index contributed by atoms with van der Waals surface area (Å²) in [7, 11) is 0. The highest BCUT2D eigenvalue weighted by atomic mass is 15.1. The fraction of sp³-hybridized carbons (Fsp3) is 0.684. The molecule has 0 bridgehead atoms. The Morgan fingerprint density at radius 1 is 1.05 bits per heavy atom. The maximum atomic E-state index is 3.57. The number of hydrogen-bond donors (Lipinski definition) is 1. The van der Waals surface area contributed by atoms with Crippen molar-refractivity contribution in [2.45, 2.75) is 51.5 Å². The van der Waals surface area contributed by atoms with Gasteiger partial charge in [0, 0.05) is 25.3 Å². The molecular formula is C19H28N2. The third-order valence-corrected chi connectivity index (χ3v) is 5.96. The van der Waals surface area contributed by atoms with E-state index in [-0.39, 0.29) is 0 Å². The van der Waals surface area contributed by atoms with Crippen LogP contribution in [0.3, 0.4) is 0 Å². The third kappa shape index (κ3) is 2.83. The van der Waals surface area contributed by atoms with Gasteiger partial charge in [0.1, 0.15) is 0 Å². The quantitative estimate of drug-likeness (QED) is 0.881. The number of fused-ring (bicyclic) bond motifs is 2. The van der Waals surface area contributed by atoms with E-state index in [0.29, 0.717) is 0 Å². The van der Waals surface area contributed by atoms with Crippen LogP contribution in [0.25, 0.3) is 0 Å². The molecule has 21 heavy (non-hydrogen) atoms. The molecule has 0 radical (unpaired) electrons. The first-order chi connectivity index (χ1) is 10.4. The zero-order valence-corrected chi connectivity index (χ0v) is 13.1. The molecule has 1 aromatic carbocycles. The van der Waals surface area contributed by atoms with Crippen LogP contribution >= 0.6 is 0 Å². The van der Waals surface area contributed by atoms with Crippen molar-refractivity contribution in [3.63, 3.8) is 0 Å². The summed E-state index contributed by atoms with van der Waals surface area (Å²) in [5, 5.41) is 3.57. The maximum absolute atomic E-state index is 3.57. The Hall–Kier alpha value is -1.02. The number of anilines is 1. The van der Waals surface area contributed by atoms with Gasteiger partial charge in [-0.1, -0.05) is 31.4 Å². The highest BCUT2D eigenvalue weighted by molar-refractivity contribution is 5.56. The fourth-order valence-electron chi connectivity index (χ4n) is 4.79. The van der Waals surface area contributed by atoms with Gasteiger partial charge in [0.25, 0.3) is 0 Å². The lowest BCUT2D eigenvalue weighted by atomic mass is 9.75. The van der Waals surface area contributed by atoms with Gasteiger partial charge in [-0.25, -0.2) is 0 Å². The monoisotopic (exact) mass is 284 g/mol. The second-order valence-corrected chi connectivity index (χ2v) is 7.30. The van der Waals surface area contributed by atoms with Gasteiger partial charge in [-0.2, -0.15) is 0 Å². The molecule has 2 aliphatic heterocycles. The molecule has 1 N–H and O–H groups in total. The Bertz CT molecular complexity index is 496. The highest BCUT2D eigenvalue weighted by Gasteiger charge is 2.31. The summed E-state index contributed by atoms with van der Waals surface area (Å²) < 4.78 is 0. The largest absolute Gasteiger partial charge is 0.385 e. The standard InChI is InChI=1S/C19H28N2/c1-2-6-16-13-21(12-10-15(16)5-1)14-17-7-3-9-19-18(17)8-4-11-20-19/h3,7,9,15-16,20H,1-2,4-6,8,10-14H2. The van der Waals surface area contributed by atoms with Crippen LogP contribution in [-0.2, 0) is 13.0 Å². The van der Waals surface area contributed by atoms with E-state index < -0.39 is 0 Å². The topological polar surface area (TPSA) is 15.3 Å². The SMILES string of the molecule is c1cc(CN2CCC3CCCCC3C2)c2c(c1)NCCC2. The molecule has 0 amide bonds. The van der Waals surface area contributed by atoms with E-state index in [1.165, 1.54) is 70.3 Å². The summed E-state index contributed by atoms with van der Waals surface area (Å²) >= 11 is 0. The number of rotatable bonds is 2. The van der Waals surface area contributed by atoms with Crippen LogP contribution in [0.2, 0.25) is 0 Å². The van der Waals surface area contributed by atoms with Crippen LogP contribution in [-0.4, -0.2) is 24.5 Å². The Morgan fingerprint density at radius 3 is 2.90 bits per heavy atom. The number of benzene rings is 1. The molecule has 2 unspecified atom stereocenters. The third-order valence-electron chi connectivity index (χ3n) is 5.96. The molecule has 1 aliphatic carbocycles. The molecule has 2 fully saturated rings. The van der Waals surface area contributed by atoms with Crippen molar-refractivity contribution < 1.29 is 0 Å². The zero-order valence-electron chi connectivity index (χ0n) is 13.1. The molecule has 2 atom stereocenters. The van der Waals surface area contributed by atoms with Gasteiger partial charge in [-0.05, 0) is 61.3 Å². The normalized spacial score (nSPS) is 29.3. The minimum atomic E-state index is 0.991. The van der Waals surface area contributed by atoms with Crippen molar-refractivity contribution >= 4 is 5.69 Å². The summed E-state index contributed by atoms with van der Waals surface area (Å²) in [6.45, 7) is 4.98. The van der Waals surface area contributed by atoms with Gasteiger partial charge >= 0.3 is 0 Å². The number of likely N-dealkylation sites (tertiary alicyclic amines) is 1. The van der Waals surface area contributed by atoms with Crippen LogP contribution < -0.4 is 5.32 Å². The van der Waals surface area contributed by atoms with Gasteiger partial charge in [-0.15, -0.1) is 0 Å². The smallest absolute Gasteiger partial charge is 0.0375 e. The summed E-state index contributed by atoms with van der Waals surface area (Å²) in [5.74, 6) is 2.03. The molecule has 114 valence electrons. The molecule has 0 aromatic heterocycles. The molecule has 1 saturated carbocycles. The van der Waals surface area contributed by atoms with Crippen LogP contribution in [0.1, 0.15) is 49.7 Å². The molecular weight excluding hydrogens is 256 g/mol. The van der Waals surface area contributed by atoms with E-state index in [9.17, 15) is 0 Å². The second-order valence-electron chi connectivity index (χ2n) is 7.30. The van der Waals surface area contributed by atoms with Gasteiger partial charge in [0.15, 0.2) is 0 Å². The molecule has 2 heteroatoms. The Balaban J connectivity index is 1.46. The molecule has 2 heterocycles. The summed E-state index contributed by atoms with van der Waals surface area (Å²) in [5.41, 5.74) is 4.56. The average molecular weight is 284 g/mol. The average Bonchev–Trinajstić information content (AvgIpc) is 2.55. The van der Waals surface area contributed by atoms with E-state index in [0.717, 1.165) is 18.4 Å². The van der Waals surface area contributed by atoms with Crippen LogP contribution in [0.4, 0.5) is 5.69 Å². The first-order valence-electron chi connectivity index (χ1n) is 8.97. The van der Waals surface area contributed by atoms with E-state index >= 15 is 0 Å². The van der Waals surface area contributed by atoms with Crippen molar-refractivity contribution in [2.75, 3.05) is 25.0 Å². The van der Waals surface area contributed by atoms with E-state index in [2.05, 4.69) is 28.4 Å². The van der Waals surface area contributed by atoms with Crippen molar-refractivity contribution in [1.82, 2.24) is 4.90 Å². The predicted octanol–water partition coefficient (Wildman–Crippen LogP) is 4.06. The van der Waals surface area contributed by atoms with Crippen LogP contribution in [0, 0.1) is 11.8 Å². The summed E-state index contributed by atoms with van der Waals surface area (Å²) in [6, 6.07) is 6.85. The number of hydrogen-bond acceptors (Lipinski definition) is 2. The Kier molecular flexibility index (Phi) is 3.89. The Morgan fingerprint density at radius 2 is 1.95 bits per heavy atom. The molecule has 1 saturated heterocycles. The molecule has 1 aromatic rings. The Labute approximate surface area is 128 Å². The summed E-state index contributed by atoms with van der Waals surface area (Å²) in [6.07, 6.45) is 9.93. The molecule has 4 rings (SSSR count). The van der Waals surface area contributed by atoms with Crippen LogP contribution in [0.5, 0.6) is 0 Å². The molecule has 2 nitrogen and oxygen atoms in total. The second kappa shape index (κ2) is 6.00. The van der Waals surface area contributed by atoms with Crippen molar-refractivity contribution in [1.29, 1.82) is 0 Å². The fourth-order valence-corrected chi connectivity index (χ4v) is 4.79. The van der Waals surface area contributed by atoms with Gasteiger partial charge in [0.05, 0.1) is 0 Å². The van der Waals surface area contributed by atoms with Crippen molar-refractivity contribution in [3.8, 4) is 0 Å². The number of piperidine rings is 1. The minimum Gasteiger partial charge on any atom is -0.385 e. The first kappa shape index (κ1) is 13.6. The van der Waals surface area contributed by atoms with Gasteiger partial charge in [-0.3, -0.25) is 4.90 Å². The van der Waals surface area contributed by atoms with Gasteiger partial charge < -0.3 is 5.32 Å². The van der Waals surface area contributed by atoms with Crippen molar-refractivity contribution in [2.24, 2.45) is 11.8 Å². The van der Waals surface area contributed by atoms with Crippen molar-refractivity contribution in [3.05, 3.63) is 29.3 Å². The van der Waals surface area contributed by atoms with Crippen LogP contribution in [0.15, 0.2) is 18.2 Å². The van der Waals surface area contributed by atoms with E-state index in [1.54, 1.807) is 11.1 Å². The lowest BCUT2D eigenvalue weighted by molar-refractivity contribution is 0.0819. The van der Waals surface area contributed by atoms with E-state index in [4.69, 9.17) is 0 Å². The molecule has 3 aliphatic rings. The minimum absolute atomic E-state index is 0.991. The van der Waals surface area contributed by atoms with E-state index in [1.807, 2.05) is 0 Å². The molecule has 0 spiro atoms. The predicted molar refractivity (Wildman–Crippen MR) is 88.6 cm³/mol. The summed E-state index contributed by atoms with van der Waals surface area (Å²) in [4.78, 5) is 2.73. The number of nitrogens with one attached hydrogen (secondary N) is 1.